The first-order chi connectivity index (χ1) is 7.84. The van der Waals surface area contributed by atoms with Crippen molar-refractivity contribution in [3.8, 4) is 0 Å². The Bertz CT molecular complexity index is 196. The second-order valence-electron chi connectivity index (χ2n) is 4.65. The van der Waals surface area contributed by atoms with Gasteiger partial charge in [-0.3, -0.25) is 4.79 Å². The van der Waals surface area contributed by atoms with Gasteiger partial charge in [-0.1, -0.05) is 25.7 Å². The molecule has 0 aromatic carbocycles. The Labute approximate surface area is 104 Å². The molecule has 3 heteroatoms. The van der Waals surface area contributed by atoms with Crippen molar-refractivity contribution in [2.45, 2.75) is 57.8 Å². The van der Waals surface area contributed by atoms with Crippen LogP contribution >= 0.6 is 11.6 Å². The number of amides is 1. The molecule has 0 saturated carbocycles. The second-order valence-corrected chi connectivity index (χ2v) is 5.03. The second kappa shape index (κ2) is 8.86. The highest BCUT2D eigenvalue weighted by atomic mass is 35.5. The van der Waals surface area contributed by atoms with Crippen molar-refractivity contribution < 1.29 is 4.79 Å². The largest absolute Gasteiger partial charge is 0.343 e. The number of hydrogen-bond acceptors (Lipinski definition) is 1. The lowest BCUT2D eigenvalue weighted by molar-refractivity contribution is -0.131. The quantitative estimate of drug-likeness (QED) is 0.518. The van der Waals surface area contributed by atoms with Crippen LogP contribution in [0.15, 0.2) is 0 Å². The molecule has 0 bridgehead atoms. The van der Waals surface area contributed by atoms with Crippen LogP contribution in [0.1, 0.15) is 57.8 Å². The van der Waals surface area contributed by atoms with Gasteiger partial charge in [-0.2, -0.15) is 0 Å². The van der Waals surface area contributed by atoms with Crippen molar-refractivity contribution in [1.29, 1.82) is 0 Å². The molecule has 1 saturated heterocycles. The smallest absolute Gasteiger partial charge is 0.222 e. The molecule has 1 aliphatic rings. The third kappa shape index (κ3) is 5.74. The molecule has 0 aromatic heterocycles. The maximum atomic E-state index is 11.8. The third-order valence-corrected chi connectivity index (χ3v) is 3.50. The molecule has 1 rings (SSSR count). The minimum absolute atomic E-state index is 0.372. The number of unbranched alkanes of at least 4 members (excludes halogenated alkanes) is 3. The van der Waals surface area contributed by atoms with Crippen molar-refractivity contribution >= 4 is 17.5 Å². The molecule has 16 heavy (non-hydrogen) atoms. The Balaban J connectivity index is 2.14. The van der Waals surface area contributed by atoms with E-state index in [-0.39, 0.29) is 0 Å². The molecular formula is C13H24ClNO. The number of carbonyl (C=O) groups is 1. The van der Waals surface area contributed by atoms with Gasteiger partial charge in [0, 0.05) is 25.4 Å². The van der Waals surface area contributed by atoms with Gasteiger partial charge in [-0.15, -0.1) is 11.6 Å². The maximum Gasteiger partial charge on any atom is 0.222 e. The molecule has 94 valence electrons. The van der Waals surface area contributed by atoms with Crippen LogP contribution in [0, 0.1) is 0 Å². The van der Waals surface area contributed by atoms with Gasteiger partial charge in [0.1, 0.15) is 0 Å². The fourth-order valence-corrected chi connectivity index (χ4v) is 2.39. The molecule has 1 aliphatic heterocycles. The van der Waals surface area contributed by atoms with Crippen molar-refractivity contribution in [3.05, 3.63) is 0 Å². The Morgan fingerprint density at radius 3 is 2.56 bits per heavy atom. The summed E-state index contributed by atoms with van der Waals surface area (Å²) in [5, 5.41) is 0. The first-order valence-corrected chi connectivity index (χ1v) is 7.22. The molecule has 0 radical (unpaired) electrons. The summed E-state index contributed by atoms with van der Waals surface area (Å²) in [6.45, 7) is 1.94. The number of halogens is 1. The zero-order valence-corrected chi connectivity index (χ0v) is 11.0. The number of carbonyl (C=O) groups excluding carboxylic acids is 1. The van der Waals surface area contributed by atoms with Crippen LogP contribution < -0.4 is 0 Å². The Hall–Kier alpha value is -0.240. The third-order valence-electron chi connectivity index (χ3n) is 3.23. The highest BCUT2D eigenvalue weighted by molar-refractivity contribution is 6.17. The summed E-state index contributed by atoms with van der Waals surface area (Å²) in [5.41, 5.74) is 0. The van der Waals surface area contributed by atoms with Gasteiger partial charge in [0.15, 0.2) is 0 Å². The molecule has 0 aromatic rings. The first kappa shape index (κ1) is 13.8. The van der Waals surface area contributed by atoms with Crippen molar-refractivity contribution in [3.63, 3.8) is 0 Å². The summed E-state index contributed by atoms with van der Waals surface area (Å²) >= 11 is 5.63. The Kier molecular flexibility index (Phi) is 7.65. The molecule has 1 fully saturated rings. The highest BCUT2D eigenvalue weighted by Gasteiger charge is 2.14. The number of alkyl halides is 1. The van der Waals surface area contributed by atoms with Crippen LogP contribution in [0.5, 0.6) is 0 Å². The molecule has 1 heterocycles. The number of likely N-dealkylation sites (tertiary alicyclic amines) is 1. The number of nitrogens with zero attached hydrogens (tertiary/aromatic N) is 1. The lowest BCUT2D eigenvalue weighted by Gasteiger charge is -2.24. The average molecular weight is 246 g/mol. The summed E-state index contributed by atoms with van der Waals surface area (Å²) in [4.78, 5) is 13.9. The molecule has 0 N–H and O–H groups in total. The fraction of sp³-hybridized carbons (Fsp3) is 0.923. The molecule has 0 spiro atoms. The van der Waals surface area contributed by atoms with Gasteiger partial charge in [-0.25, -0.2) is 0 Å². The van der Waals surface area contributed by atoms with E-state index in [2.05, 4.69) is 4.90 Å². The van der Waals surface area contributed by atoms with Crippen molar-refractivity contribution in [2.24, 2.45) is 0 Å². The van der Waals surface area contributed by atoms with Gasteiger partial charge in [0.2, 0.25) is 5.91 Å². The van der Waals surface area contributed by atoms with E-state index in [0.717, 1.165) is 44.7 Å². The monoisotopic (exact) mass is 245 g/mol. The van der Waals surface area contributed by atoms with Crippen molar-refractivity contribution in [1.82, 2.24) is 4.90 Å². The van der Waals surface area contributed by atoms with E-state index in [1.807, 2.05) is 0 Å². The predicted octanol–water partition coefficient (Wildman–Crippen LogP) is 3.58. The van der Waals surface area contributed by atoms with E-state index in [4.69, 9.17) is 11.6 Å². The molecule has 0 aliphatic carbocycles. The molecule has 2 nitrogen and oxygen atoms in total. The Morgan fingerprint density at radius 2 is 1.75 bits per heavy atom. The first-order valence-electron chi connectivity index (χ1n) is 6.68. The maximum absolute atomic E-state index is 11.8. The van der Waals surface area contributed by atoms with Gasteiger partial charge in [-0.05, 0) is 25.7 Å². The van der Waals surface area contributed by atoms with Gasteiger partial charge < -0.3 is 4.90 Å². The van der Waals surface area contributed by atoms with Gasteiger partial charge >= 0.3 is 0 Å². The van der Waals surface area contributed by atoms with Gasteiger partial charge in [0.25, 0.3) is 0 Å². The van der Waals surface area contributed by atoms with Crippen LogP contribution in [0.4, 0.5) is 0 Å². The predicted molar refractivity (Wildman–Crippen MR) is 68.9 cm³/mol. The van der Waals surface area contributed by atoms with Crippen molar-refractivity contribution in [2.75, 3.05) is 19.0 Å². The van der Waals surface area contributed by atoms with E-state index in [1.54, 1.807) is 0 Å². The van der Waals surface area contributed by atoms with E-state index in [0.29, 0.717) is 5.91 Å². The van der Waals surface area contributed by atoms with E-state index >= 15 is 0 Å². The van der Waals surface area contributed by atoms with Crippen LogP contribution in [-0.2, 0) is 4.79 Å². The van der Waals surface area contributed by atoms with Crippen LogP contribution in [0.2, 0.25) is 0 Å². The standard InChI is InChI=1S/C13H24ClNO/c14-10-6-2-4-8-12-15-11-7-3-1-5-9-13(15)16/h1-12H2. The van der Waals surface area contributed by atoms with Crippen LogP contribution in [-0.4, -0.2) is 29.8 Å². The topological polar surface area (TPSA) is 20.3 Å². The number of hydrogen-bond donors (Lipinski definition) is 0. The Morgan fingerprint density at radius 1 is 1.00 bits per heavy atom. The molecule has 0 unspecified atom stereocenters. The summed E-state index contributed by atoms with van der Waals surface area (Å²) in [6.07, 6.45) is 10.2. The lowest BCUT2D eigenvalue weighted by Crippen LogP contribution is -2.33. The zero-order chi connectivity index (χ0) is 11.6. The van der Waals surface area contributed by atoms with Gasteiger partial charge in [0.05, 0.1) is 0 Å². The molecule has 0 atom stereocenters. The zero-order valence-electron chi connectivity index (χ0n) is 10.2. The van der Waals surface area contributed by atoms with E-state index in [1.165, 1.54) is 32.1 Å². The van der Waals surface area contributed by atoms with E-state index < -0.39 is 0 Å². The lowest BCUT2D eigenvalue weighted by atomic mass is 10.1. The van der Waals surface area contributed by atoms with E-state index in [9.17, 15) is 4.79 Å². The average Bonchev–Trinajstić information content (AvgIpc) is 2.27. The fourth-order valence-electron chi connectivity index (χ4n) is 2.20. The minimum atomic E-state index is 0.372. The molecule has 1 amide bonds. The van der Waals surface area contributed by atoms with Crippen LogP contribution in [0.25, 0.3) is 0 Å². The highest BCUT2D eigenvalue weighted by Crippen LogP contribution is 2.12. The summed E-state index contributed by atoms with van der Waals surface area (Å²) in [5.74, 6) is 1.14. The summed E-state index contributed by atoms with van der Waals surface area (Å²) < 4.78 is 0. The minimum Gasteiger partial charge on any atom is -0.343 e. The summed E-state index contributed by atoms with van der Waals surface area (Å²) in [6, 6.07) is 0. The van der Waals surface area contributed by atoms with Crippen LogP contribution in [0.3, 0.4) is 0 Å². The molecular weight excluding hydrogens is 222 g/mol. The summed E-state index contributed by atoms with van der Waals surface area (Å²) in [7, 11) is 0. The SMILES string of the molecule is O=C1CCCCCCN1CCCCCCCl. The normalized spacial score (nSPS) is 18.3. The number of rotatable bonds is 6.